The van der Waals surface area contributed by atoms with Crippen LogP contribution in [0, 0.1) is 11.3 Å². The van der Waals surface area contributed by atoms with Crippen molar-refractivity contribution in [3.8, 4) is 28.8 Å². The van der Waals surface area contributed by atoms with Gasteiger partial charge in [0.15, 0.2) is 23.3 Å². The summed E-state index contributed by atoms with van der Waals surface area (Å²) in [7, 11) is 0. The van der Waals surface area contributed by atoms with Crippen LogP contribution in [0.3, 0.4) is 0 Å². The summed E-state index contributed by atoms with van der Waals surface area (Å²) in [5, 5.41) is 9.74. The Morgan fingerprint density at radius 2 is 2.07 bits per heavy atom. The van der Waals surface area contributed by atoms with Crippen molar-refractivity contribution < 1.29 is 19.0 Å². The molecule has 0 atom stereocenters. The van der Waals surface area contributed by atoms with Crippen molar-refractivity contribution in [2.75, 3.05) is 19.5 Å². The fourth-order valence-corrected chi connectivity index (χ4v) is 2.72. The van der Waals surface area contributed by atoms with Crippen molar-refractivity contribution in [3.63, 3.8) is 0 Å². The van der Waals surface area contributed by atoms with Crippen molar-refractivity contribution in [1.29, 1.82) is 5.26 Å². The Bertz CT molecular complexity index is 950. The summed E-state index contributed by atoms with van der Waals surface area (Å²) in [4.78, 5) is 30.7. The van der Waals surface area contributed by atoms with Crippen LogP contribution in [0.4, 0.5) is 0 Å². The van der Waals surface area contributed by atoms with E-state index in [9.17, 15) is 14.9 Å². The molecule has 0 aliphatic carbocycles. The van der Waals surface area contributed by atoms with E-state index in [1.807, 2.05) is 13.0 Å². The third-order valence-corrected chi connectivity index (χ3v) is 4.01. The van der Waals surface area contributed by atoms with Gasteiger partial charge >= 0.3 is 5.97 Å². The Kier molecular flexibility index (Phi) is 7.46. The van der Waals surface area contributed by atoms with Gasteiger partial charge in [0, 0.05) is 5.56 Å². The number of aromatic nitrogens is 2. The fourth-order valence-electron chi connectivity index (χ4n) is 2.34. The highest BCUT2D eigenvalue weighted by molar-refractivity contribution is 7.98. The van der Waals surface area contributed by atoms with Gasteiger partial charge in [-0.25, -0.2) is 9.78 Å². The van der Waals surface area contributed by atoms with Crippen LogP contribution in [0.25, 0.3) is 11.3 Å². The Morgan fingerprint density at radius 3 is 2.68 bits per heavy atom. The molecule has 1 heterocycles. The second-order valence-corrected chi connectivity index (χ2v) is 6.63. The number of hydrogen-bond acceptors (Lipinski definition) is 8. The van der Waals surface area contributed by atoms with Gasteiger partial charge in [-0.3, -0.25) is 4.79 Å². The topological polar surface area (TPSA) is 114 Å². The zero-order chi connectivity index (χ0) is 20.7. The minimum Gasteiger partial charge on any atom is -0.490 e. The van der Waals surface area contributed by atoms with Crippen molar-refractivity contribution in [2.45, 2.75) is 32.0 Å². The molecule has 1 N–H and O–H groups in total. The van der Waals surface area contributed by atoms with Crippen LogP contribution in [0.15, 0.2) is 28.2 Å². The molecule has 0 amide bonds. The van der Waals surface area contributed by atoms with E-state index in [1.165, 1.54) is 11.8 Å². The van der Waals surface area contributed by atoms with Crippen LogP contribution in [-0.2, 0) is 9.53 Å². The molecule has 28 heavy (non-hydrogen) atoms. The number of nitrogens with zero attached hydrogens (tertiary/aromatic N) is 2. The minimum atomic E-state index is -0.508. The summed E-state index contributed by atoms with van der Waals surface area (Å²) >= 11 is 1.26. The molecule has 0 aliphatic rings. The third-order valence-electron chi connectivity index (χ3n) is 3.43. The van der Waals surface area contributed by atoms with Crippen molar-refractivity contribution in [1.82, 2.24) is 9.97 Å². The molecule has 0 saturated heterocycles. The van der Waals surface area contributed by atoms with Gasteiger partial charge in [-0.15, -0.1) is 0 Å². The van der Waals surface area contributed by atoms with E-state index in [2.05, 4.69) is 9.97 Å². The Morgan fingerprint density at radius 1 is 1.32 bits per heavy atom. The number of nitriles is 1. The molecule has 0 unspecified atom stereocenters. The Hall–Kier alpha value is -2.99. The first-order chi connectivity index (χ1) is 13.4. The van der Waals surface area contributed by atoms with Crippen LogP contribution in [0.2, 0.25) is 0 Å². The van der Waals surface area contributed by atoms with E-state index >= 15 is 0 Å². The second-order valence-electron chi connectivity index (χ2n) is 5.83. The molecule has 0 bridgehead atoms. The highest BCUT2D eigenvalue weighted by atomic mass is 32.2. The molecule has 0 saturated carbocycles. The van der Waals surface area contributed by atoms with Crippen LogP contribution < -0.4 is 15.0 Å². The molecule has 2 rings (SSSR count). The van der Waals surface area contributed by atoms with Crippen molar-refractivity contribution >= 4 is 17.7 Å². The number of carbonyl (C=O) groups excluding carboxylic acids is 1. The van der Waals surface area contributed by atoms with Crippen molar-refractivity contribution in [3.05, 3.63) is 34.1 Å². The molecule has 0 spiro atoms. The van der Waals surface area contributed by atoms with E-state index in [0.29, 0.717) is 28.8 Å². The minimum absolute atomic E-state index is 0.0885. The lowest BCUT2D eigenvalue weighted by molar-refractivity contribution is -0.149. The first-order valence-electron chi connectivity index (χ1n) is 8.57. The molecule has 148 valence electrons. The highest BCUT2D eigenvalue weighted by Crippen LogP contribution is 2.33. The molecule has 1 aromatic heterocycles. The Labute approximate surface area is 166 Å². The lowest BCUT2D eigenvalue weighted by Crippen LogP contribution is -2.19. The van der Waals surface area contributed by atoms with Gasteiger partial charge < -0.3 is 19.2 Å². The lowest BCUT2D eigenvalue weighted by Gasteiger charge is -2.14. The number of aromatic amines is 1. The standard InChI is InChI=1S/C19H21N3O5S/c1-5-25-15-8-12(6-7-14(15)26-10-16(23)27-11(2)3)17-13(9-20)18(24)22-19(21-17)28-4/h6-8,11H,5,10H2,1-4H3,(H,21,22,24). The number of H-pyrrole nitrogens is 1. The zero-order valence-electron chi connectivity index (χ0n) is 16.1. The summed E-state index contributed by atoms with van der Waals surface area (Å²) in [6.07, 6.45) is 1.54. The Balaban J connectivity index is 2.40. The summed E-state index contributed by atoms with van der Waals surface area (Å²) in [6.45, 7) is 5.41. The molecule has 0 aliphatic heterocycles. The van der Waals surface area contributed by atoms with Crippen LogP contribution in [0.1, 0.15) is 26.3 Å². The average Bonchev–Trinajstić information content (AvgIpc) is 2.66. The number of thioether (sulfide) groups is 1. The number of esters is 1. The summed E-state index contributed by atoms with van der Waals surface area (Å²) in [5.41, 5.74) is 0.182. The predicted octanol–water partition coefficient (Wildman–Crippen LogP) is 2.76. The highest BCUT2D eigenvalue weighted by Gasteiger charge is 2.17. The SMILES string of the molecule is CCOc1cc(-c2nc(SC)[nH]c(=O)c2C#N)ccc1OCC(=O)OC(C)C. The molecule has 0 radical (unpaired) electrons. The first-order valence-corrected chi connectivity index (χ1v) is 9.80. The molecule has 1 aromatic carbocycles. The summed E-state index contributed by atoms with van der Waals surface area (Å²) in [6, 6.07) is 6.77. The van der Waals surface area contributed by atoms with E-state index in [4.69, 9.17) is 14.2 Å². The number of carbonyl (C=O) groups is 1. The maximum absolute atomic E-state index is 12.1. The van der Waals surface area contributed by atoms with E-state index < -0.39 is 11.5 Å². The molecule has 2 aromatic rings. The van der Waals surface area contributed by atoms with Gasteiger partial charge in [-0.05, 0) is 45.2 Å². The molecular formula is C19H21N3O5S. The molecular weight excluding hydrogens is 382 g/mol. The number of hydrogen-bond donors (Lipinski definition) is 1. The quantitative estimate of drug-likeness (QED) is 0.406. The lowest BCUT2D eigenvalue weighted by atomic mass is 10.1. The number of ether oxygens (including phenoxy) is 3. The van der Waals surface area contributed by atoms with E-state index in [0.717, 1.165) is 0 Å². The second kappa shape index (κ2) is 9.80. The maximum atomic E-state index is 12.1. The van der Waals surface area contributed by atoms with Gasteiger partial charge in [0.05, 0.1) is 18.4 Å². The van der Waals surface area contributed by atoms with E-state index in [-0.39, 0.29) is 24.0 Å². The van der Waals surface area contributed by atoms with Crippen molar-refractivity contribution in [2.24, 2.45) is 0 Å². The number of nitrogens with one attached hydrogen (secondary N) is 1. The smallest absolute Gasteiger partial charge is 0.344 e. The van der Waals surface area contributed by atoms with Crippen LogP contribution in [0.5, 0.6) is 11.5 Å². The van der Waals surface area contributed by atoms with E-state index in [1.54, 1.807) is 38.3 Å². The maximum Gasteiger partial charge on any atom is 0.344 e. The van der Waals surface area contributed by atoms with Gasteiger partial charge in [-0.1, -0.05) is 11.8 Å². The van der Waals surface area contributed by atoms with Gasteiger partial charge in [0.1, 0.15) is 11.6 Å². The van der Waals surface area contributed by atoms with Gasteiger partial charge in [-0.2, -0.15) is 5.26 Å². The largest absolute Gasteiger partial charge is 0.490 e. The molecule has 0 fully saturated rings. The molecule has 9 heteroatoms. The summed E-state index contributed by atoms with van der Waals surface area (Å²) in [5.74, 6) is 0.225. The van der Waals surface area contributed by atoms with Crippen LogP contribution >= 0.6 is 11.8 Å². The zero-order valence-corrected chi connectivity index (χ0v) is 16.9. The molecule has 8 nitrogen and oxygen atoms in total. The third kappa shape index (κ3) is 5.27. The first kappa shape index (κ1) is 21.3. The van der Waals surface area contributed by atoms with Gasteiger partial charge in [0.25, 0.3) is 5.56 Å². The normalized spacial score (nSPS) is 10.4. The van der Waals surface area contributed by atoms with Gasteiger partial charge in [0.2, 0.25) is 0 Å². The number of rotatable bonds is 8. The number of benzene rings is 1. The predicted molar refractivity (Wildman–Crippen MR) is 105 cm³/mol. The fraction of sp³-hybridized carbons (Fsp3) is 0.368. The van der Waals surface area contributed by atoms with Crippen LogP contribution in [-0.4, -0.2) is 41.5 Å². The monoisotopic (exact) mass is 403 g/mol. The summed E-state index contributed by atoms with van der Waals surface area (Å²) < 4.78 is 16.1. The average molecular weight is 403 g/mol.